The van der Waals surface area contributed by atoms with Gasteiger partial charge in [0, 0.05) is 17.3 Å². The lowest BCUT2D eigenvalue weighted by Gasteiger charge is -2.13. The van der Waals surface area contributed by atoms with Gasteiger partial charge >= 0.3 is 0 Å². The Morgan fingerprint density at radius 1 is 1.32 bits per heavy atom. The smallest absolute Gasteiger partial charge is 0.221 e. The van der Waals surface area contributed by atoms with Gasteiger partial charge in [-0.25, -0.2) is 4.98 Å². The van der Waals surface area contributed by atoms with Crippen LogP contribution in [0, 0.1) is 11.3 Å². The third kappa shape index (κ3) is 2.65. The fourth-order valence-electron chi connectivity index (χ4n) is 1.85. The maximum absolute atomic E-state index is 8.91. The quantitative estimate of drug-likeness (QED) is 0.854. The molecule has 0 amide bonds. The molecule has 0 fully saturated rings. The average Bonchev–Trinajstić information content (AvgIpc) is 2.42. The van der Waals surface area contributed by atoms with Crippen molar-refractivity contribution in [3.8, 4) is 23.1 Å². The van der Waals surface area contributed by atoms with Gasteiger partial charge in [-0.3, -0.25) is 0 Å². The summed E-state index contributed by atoms with van der Waals surface area (Å²) in [6.07, 6.45) is 1.85. The molecule has 0 aliphatic carbocycles. The van der Waals surface area contributed by atoms with Gasteiger partial charge in [0.05, 0.1) is 29.6 Å². The fourth-order valence-corrected chi connectivity index (χ4v) is 2.25. The van der Waals surface area contributed by atoms with Crippen LogP contribution in [0.1, 0.15) is 5.56 Å². The summed E-state index contributed by atoms with van der Waals surface area (Å²) < 4.78 is 5.26. The summed E-state index contributed by atoms with van der Waals surface area (Å²) in [6.45, 7) is 0. The number of hydrogen-bond donors (Lipinski definition) is 0. The molecular weight excluding hydrogens is 283 g/mol. The van der Waals surface area contributed by atoms with Crippen LogP contribution in [-0.4, -0.2) is 12.1 Å². The summed E-state index contributed by atoms with van der Waals surface area (Å²) in [5.41, 5.74) is 2.22. The van der Waals surface area contributed by atoms with Crippen molar-refractivity contribution in [3.63, 3.8) is 0 Å². The summed E-state index contributed by atoms with van der Waals surface area (Å²) >= 11 is 12.3. The molecule has 0 aliphatic rings. The van der Waals surface area contributed by atoms with E-state index < -0.39 is 0 Å². The van der Waals surface area contributed by atoms with Crippen LogP contribution < -0.4 is 4.74 Å². The molecule has 0 atom stereocenters. The van der Waals surface area contributed by atoms with Gasteiger partial charge in [-0.2, -0.15) is 5.26 Å². The van der Waals surface area contributed by atoms with E-state index in [1.165, 1.54) is 7.11 Å². The first kappa shape index (κ1) is 13.7. The second kappa shape index (κ2) is 5.92. The molecule has 3 nitrogen and oxygen atoms in total. The van der Waals surface area contributed by atoms with Crippen LogP contribution in [-0.2, 0) is 6.42 Å². The predicted molar refractivity (Wildman–Crippen MR) is 75.6 cm³/mol. The van der Waals surface area contributed by atoms with Crippen LogP contribution in [0.3, 0.4) is 0 Å². The largest absolute Gasteiger partial charge is 0.481 e. The molecule has 0 radical (unpaired) electrons. The van der Waals surface area contributed by atoms with Crippen LogP contribution in [0.4, 0.5) is 0 Å². The number of halogens is 2. The summed E-state index contributed by atoms with van der Waals surface area (Å²) in [4.78, 5) is 4.15. The lowest BCUT2D eigenvalue weighted by molar-refractivity contribution is 0.399. The minimum atomic E-state index is 0.247. The molecule has 0 unspecified atom stereocenters. The number of benzene rings is 1. The standard InChI is InChI=1S/C14H10Cl2N2O/c1-19-14-12(9(5-7-17)6-8-18-14)10-3-2-4-11(15)13(10)16/h2-4,6,8H,5H2,1H3. The molecule has 2 aromatic rings. The SMILES string of the molecule is COc1nccc(CC#N)c1-c1cccc(Cl)c1Cl. The third-order valence-corrected chi connectivity index (χ3v) is 3.51. The number of nitriles is 1. The molecule has 0 spiro atoms. The second-order valence-corrected chi connectivity index (χ2v) is 4.58. The van der Waals surface area contributed by atoms with Crippen molar-refractivity contribution in [2.75, 3.05) is 7.11 Å². The number of pyridine rings is 1. The molecule has 2 rings (SSSR count). The van der Waals surface area contributed by atoms with Crippen molar-refractivity contribution in [1.29, 1.82) is 5.26 Å². The van der Waals surface area contributed by atoms with Crippen molar-refractivity contribution in [2.45, 2.75) is 6.42 Å². The van der Waals surface area contributed by atoms with Crippen LogP contribution in [0.2, 0.25) is 10.0 Å². The minimum absolute atomic E-state index is 0.247. The average molecular weight is 293 g/mol. The molecule has 19 heavy (non-hydrogen) atoms. The van der Waals surface area contributed by atoms with E-state index in [1.807, 2.05) is 6.07 Å². The number of rotatable bonds is 3. The zero-order valence-corrected chi connectivity index (χ0v) is 11.7. The van der Waals surface area contributed by atoms with Gasteiger partial charge in [0.25, 0.3) is 0 Å². The van der Waals surface area contributed by atoms with Crippen LogP contribution in [0.15, 0.2) is 30.5 Å². The van der Waals surface area contributed by atoms with Crippen LogP contribution >= 0.6 is 23.2 Å². The van der Waals surface area contributed by atoms with Gasteiger partial charge in [0.2, 0.25) is 5.88 Å². The maximum atomic E-state index is 8.91. The molecule has 1 aromatic carbocycles. The van der Waals surface area contributed by atoms with Crippen molar-refractivity contribution >= 4 is 23.2 Å². The fraction of sp³-hybridized carbons (Fsp3) is 0.143. The summed E-state index contributed by atoms with van der Waals surface area (Å²) in [7, 11) is 1.53. The summed E-state index contributed by atoms with van der Waals surface area (Å²) in [5.74, 6) is 0.428. The first-order chi connectivity index (χ1) is 9.19. The van der Waals surface area contributed by atoms with Crippen LogP contribution in [0.5, 0.6) is 5.88 Å². The van der Waals surface area contributed by atoms with Gasteiger partial charge in [0.15, 0.2) is 0 Å². The van der Waals surface area contributed by atoms with Gasteiger partial charge in [0.1, 0.15) is 0 Å². The topological polar surface area (TPSA) is 45.9 Å². The van der Waals surface area contributed by atoms with E-state index in [0.29, 0.717) is 27.1 Å². The molecule has 0 saturated heterocycles. The second-order valence-electron chi connectivity index (χ2n) is 3.79. The zero-order valence-electron chi connectivity index (χ0n) is 10.2. The van der Waals surface area contributed by atoms with Gasteiger partial charge < -0.3 is 4.74 Å². The molecule has 0 saturated carbocycles. The third-order valence-electron chi connectivity index (χ3n) is 2.69. The van der Waals surface area contributed by atoms with E-state index in [0.717, 1.165) is 5.56 Å². The van der Waals surface area contributed by atoms with E-state index in [1.54, 1.807) is 24.4 Å². The molecule has 1 aromatic heterocycles. The normalized spacial score (nSPS) is 10.0. The highest BCUT2D eigenvalue weighted by Gasteiger charge is 2.16. The Hall–Kier alpha value is -1.76. The first-order valence-electron chi connectivity index (χ1n) is 5.52. The summed E-state index contributed by atoms with van der Waals surface area (Å²) in [5, 5.41) is 9.79. The number of aromatic nitrogens is 1. The molecule has 96 valence electrons. The van der Waals surface area contributed by atoms with E-state index in [-0.39, 0.29) is 6.42 Å². The van der Waals surface area contributed by atoms with Crippen molar-refractivity contribution in [2.24, 2.45) is 0 Å². The Morgan fingerprint density at radius 2 is 2.11 bits per heavy atom. The van der Waals surface area contributed by atoms with Crippen molar-refractivity contribution < 1.29 is 4.74 Å². The maximum Gasteiger partial charge on any atom is 0.221 e. The molecule has 0 bridgehead atoms. The number of hydrogen-bond acceptors (Lipinski definition) is 3. The number of ether oxygens (including phenoxy) is 1. The lowest BCUT2D eigenvalue weighted by atomic mass is 9.99. The Kier molecular flexibility index (Phi) is 4.26. The Bertz CT molecular complexity index is 650. The van der Waals surface area contributed by atoms with Crippen LogP contribution in [0.25, 0.3) is 11.1 Å². The Labute approximate surface area is 121 Å². The van der Waals surface area contributed by atoms with Crippen molar-refractivity contribution in [3.05, 3.63) is 46.1 Å². The predicted octanol–water partition coefficient (Wildman–Crippen LogP) is 4.13. The molecule has 0 N–H and O–H groups in total. The van der Waals surface area contributed by atoms with Gasteiger partial charge in [-0.1, -0.05) is 35.3 Å². The lowest BCUT2D eigenvalue weighted by Crippen LogP contribution is -1.97. The molecular formula is C14H10Cl2N2O. The summed E-state index contributed by atoms with van der Waals surface area (Å²) in [6, 6.07) is 9.23. The van der Waals surface area contributed by atoms with E-state index >= 15 is 0 Å². The highest BCUT2D eigenvalue weighted by molar-refractivity contribution is 6.43. The van der Waals surface area contributed by atoms with Gasteiger partial charge in [-0.05, 0) is 17.7 Å². The van der Waals surface area contributed by atoms with E-state index in [2.05, 4.69) is 11.1 Å². The highest BCUT2D eigenvalue weighted by Crippen LogP contribution is 2.39. The highest BCUT2D eigenvalue weighted by atomic mass is 35.5. The molecule has 5 heteroatoms. The monoisotopic (exact) mass is 292 g/mol. The van der Waals surface area contributed by atoms with E-state index in [9.17, 15) is 0 Å². The molecule has 1 heterocycles. The Morgan fingerprint density at radius 3 is 2.79 bits per heavy atom. The Balaban J connectivity index is 2.73. The number of nitrogens with zero attached hydrogens (tertiary/aromatic N) is 2. The van der Waals surface area contributed by atoms with Gasteiger partial charge in [-0.15, -0.1) is 0 Å². The minimum Gasteiger partial charge on any atom is -0.481 e. The zero-order chi connectivity index (χ0) is 13.8. The van der Waals surface area contributed by atoms with Crippen molar-refractivity contribution in [1.82, 2.24) is 4.98 Å². The van der Waals surface area contributed by atoms with E-state index in [4.69, 9.17) is 33.2 Å². The number of methoxy groups -OCH3 is 1. The first-order valence-corrected chi connectivity index (χ1v) is 6.27. The molecule has 0 aliphatic heterocycles.